The molecule has 35 heavy (non-hydrogen) atoms. The van der Waals surface area contributed by atoms with E-state index in [9.17, 15) is 19.1 Å². The third-order valence-electron chi connectivity index (χ3n) is 5.75. The zero-order valence-corrected chi connectivity index (χ0v) is 20.7. The van der Waals surface area contributed by atoms with E-state index in [1.54, 1.807) is 12.1 Å². The third kappa shape index (κ3) is 5.01. The van der Waals surface area contributed by atoms with Crippen molar-refractivity contribution >= 4 is 52.3 Å². The van der Waals surface area contributed by atoms with E-state index < -0.39 is 29.3 Å². The Kier molecular flexibility index (Phi) is 7.36. The summed E-state index contributed by atoms with van der Waals surface area (Å²) >= 11 is 18.3. The van der Waals surface area contributed by atoms with Crippen molar-refractivity contribution in [1.29, 1.82) is 0 Å². The summed E-state index contributed by atoms with van der Waals surface area (Å²) in [5.74, 6) is -2.55. The van der Waals surface area contributed by atoms with Gasteiger partial charge in [0, 0.05) is 16.6 Å². The number of amides is 1. The van der Waals surface area contributed by atoms with Crippen molar-refractivity contribution in [3.8, 4) is 5.75 Å². The number of carbonyl (C=O) groups is 2. The van der Waals surface area contributed by atoms with Gasteiger partial charge in [-0.05, 0) is 53.9 Å². The molecule has 1 unspecified atom stereocenters. The largest absolute Gasteiger partial charge is 0.507 e. The molecule has 1 aliphatic rings. The number of ketones is 1. The molecule has 1 saturated heterocycles. The minimum absolute atomic E-state index is 0.0628. The zero-order valence-electron chi connectivity index (χ0n) is 18.4. The Labute approximate surface area is 216 Å². The summed E-state index contributed by atoms with van der Waals surface area (Å²) in [5.41, 5.74) is 1.25. The van der Waals surface area contributed by atoms with Crippen LogP contribution < -0.4 is 4.74 Å². The molecule has 1 amide bonds. The highest BCUT2D eigenvalue weighted by molar-refractivity contribution is 6.46. The molecule has 180 valence electrons. The number of halogens is 4. The molecule has 0 radical (unpaired) electrons. The molecule has 0 saturated carbocycles. The maximum atomic E-state index is 13.7. The van der Waals surface area contributed by atoms with Gasteiger partial charge in [0.25, 0.3) is 11.7 Å². The average molecular weight is 535 g/mol. The van der Waals surface area contributed by atoms with Crippen LogP contribution >= 0.6 is 34.8 Å². The smallest absolute Gasteiger partial charge is 0.295 e. The van der Waals surface area contributed by atoms with Gasteiger partial charge in [0.2, 0.25) is 0 Å². The second kappa shape index (κ2) is 10.3. The molecule has 9 heteroatoms. The number of aliphatic hydroxyl groups excluding tert-OH is 1. The first-order valence-electron chi connectivity index (χ1n) is 10.5. The van der Waals surface area contributed by atoms with Crippen LogP contribution in [0.3, 0.4) is 0 Å². The number of methoxy groups -OCH3 is 1. The van der Waals surface area contributed by atoms with Gasteiger partial charge in [-0.3, -0.25) is 9.59 Å². The molecule has 3 aromatic carbocycles. The van der Waals surface area contributed by atoms with E-state index >= 15 is 0 Å². The quantitative estimate of drug-likeness (QED) is 0.224. The Bertz CT molecular complexity index is 1320. The number of nitrogens with zero attached hydrogens (tertiary/aromatic N) is 1. The Morgan fingerprint density at radius 1 is 1.00 bits per heavy atom. The minimum atomic E-state index is -0.967. The highest BCUT2D eigenvalue weighted by Gasteiger charge is 2.46. The van der Waals surface area contributed by atoms with Crippen molar-refractivity contribution in [3.63, 3.8) is 0 Å². The van der Waals surface area contributed by atoms with Crippen LogP contribution in [0.25, 0.3) is 5.76 Å². The van der Waals surface area contributed by atoms with Crippen LogP contribution in [0.4, 0.5) is 4.39 Å². The maximum absolute atomic E-state index is 13.7. The van der Waals surface area contributed by atoms with Crippen LogP contribution in [0.15, 0.2) is 66.2 Å². The van der Waals surface area contributed by atoms with E-state index in [2.05, 4.69) is 0 Å². The predicted molar refractivity (Wildman–Crippen MR) is 134 cm³/mol. The number of ether oxygens (including phenoxy) is 1. The van der Waals surface area contributed by atoms with Gasteiger partial charge in [-0.1, -0.05) is 59.1 Å². The van der Waals surface area contributed by atoms with Gasteiger partial charge < -0.3 is 14.7 Å². The number of aliphatic hydroxyl groups is 1. The lowest BCUT2D eigenvalue weighted by molar-refractivity contribution is -0.139. The molecule has 0 aliphatic carbocycles. The first kappa shape index (κ1) is 25.0. The molecule has 1 N–H and O–H groups in total. The standard InChI is InChI=1S/C26H19Cl3FNO4/c1-35-25-19(12-17(28)13-20(25)29)23(32)21-22(15-4-8-18(30)9-5-15)31(26(34)24(21)33)11-10-14-2-6-16(27)7-3-14/h2-9,12-13,22,32H,10-11H2,1H3/b23-21+. The van der Waals surface area contributed by atoms with Crippen LogP contribution in [0.5, 0.6) is 5.75 Å². The number of Topliss-reactive ketones (excluding diaryl/α,β-unsaturated/α-hetero) is 1. The van der Waals surface area contributed by atoms with Gasteiger partial charge in [0.1, 0.15) is 17.3 Å². The first-order chi connectivity index (χ1) is 16.7. The lowest BCUT2D eigenvalue weighted by Crippen LogP contribution is -2.31. The fourth-order valence-electron chi connectivity index (χ4n) is 4.09. The van der Waals surface area contributed by atoms with Crippen molar-refractivity contribution < 1.29 is 23.8 Å². The van der Waals surface area contributed by atoms with Crippen LogP contribution in [0.2, 0.25) is 15.1 Å². The van der Waals surface area contributed by atoms with E-state index in [-0.39, 0.29) is 33.5 Å². The Morgan fingerprint density at radius 3 is 2.29 bits per heavy atom. The van der Waals surface area contributed by atoms with Gasteiger partial charge in [0.05, 0.1) is 29.3 Å². The number of carbonyl (C=O) groups excluding carboxylic acids is 2. The number of hydrogen-bond donors (Lipinski definition) is 1. The molecule has 1 atom stereocenters. The van der Waals surface area contributed by atoms with Crippen LogP contribution in [-0.2, 0) is 16.0 Å². The van der Waals surface area contributed by atoms with E-state index in [4.69, 9.17) is 39.5 Å². The number of hydrogen-bond acceptors (Lipinski definition) is 4. The van der Waals surface area contributed by atoms with Crippen molar-refractivity contribution in [2.75, 3.05) is 13.7 Å². The molecule has 1 aliphatic heterocycles. The van der Waals surface area contributed by atoms with Crippen LogP contribution in [0, 0.1) is 5.82 Å². The molecule has 0 aromatic heterocycles. The van der Waals surface area contributed by atoms with E-state index in [0.29, 0.717) is 17.0 Å². The number of rotatable bonds is 6. The monoisotopic (exact) mass is 533 g/mol. The van der Waals surface area contributed by atoms with Crippen molar-refractivity contribution in [2.45, 2.75) is 12.5 Å². The van der Waals surface area contributed by atoms with Gasteiger partial charge in [-0.25, -0.2) is 4.39 Å². The summed E-state index contributed by atoms with van der Waals surface area (Å²) in [4.78, 5) is 27.7. The molecule has 1 fully saturated rings. The molecular weight excluding hydrogens is 516 g/mol. The van der Waals surface area contributed by atoms with Crippen molar-refractivity contribution in [2.24, 2.45) is 0 Å². The Hall–Kier alpha value is -3.06. The SMILES string of the molecule is COc1c(Cl)cc(Cl)cc1/C(O)=C1\C(=O)C(=O)N(CCc2ccc(Cl)cc2)C1c1ccc(F)cc1. The van der Waals surface area contributed by atoms with Crippen molar-refractivity contribution in [1.82, 2.24) is 4.90 Å². The second-order valence-corrected chi connectivity index (χ2v) is 9.17. The maximum Gasteiger partial charge on any atom is 0.295 e. The normalized spacial score (nSPS) is 17.2. The Morgan fingerprint density at radius 2 is 1.66 bits per heavy atom. The van der Waals surface area contributed by atoms with E-state index in [1.165, 1.54) is 48.4 Å². The zero-order chi connectivity index (χ0) is 25.3. The molecular formula is C26H19Cl3FNO4. The summed E-state index contributed by atoms with van der Waals surface area (Å²) in [6.07, 6.45) is 0.425. The lowest BCUT2D eigenvalue weighted by atomic mass is 9.95. The summed E-state index contributed by atoms with van der Waals surface area (Å²) in [7, 11) is 1.36. The molecule has 0 bridgehead atoms. The van der Waals surface area contributed by atoms with E-state index in [0.717, 1.165) is 5.56 Å². The molecule has 3 aromatic rings. The highest BCUT2D eigenvalue weighted by Crippen LogP contribution is 2.43. The average Bonchev–Trinajstić information content (AvgIpc) is 3.08. The second-order valence-electron chi connectivity index (χ2n) is 7.89. The molecule has 5 nitrogen and oxygen atoms in total. The first-order valence-corrected chi connectivity index (χ1v) is 11.7. The summed E-state index contributed by atoms with van der Waals surface area (Å²) in [6, 6.07) is 14.4. The molecule has 4 rings (SSSR count). The molecule has 1 heterocycles. The third-order valence-corrected chi connectivity index (χ3v) is 6.50. The van der Waals surface area contributed by atoms with Crippen LogP contribution in [0.1, 0.15) is 22.7 Å². The summed E-state index contributed by atoms with van der Waals surface area (Å²) in [6.45, 7) is 0.165. The predicted octanol–water partition coefficient (Wildman–Crippen LogP) is 6.46. The summed E-state index contributed by atoms with van der Waals surface area (Å²) in [5, 5.41) is 12.2. The number of benzene rings is 3. The highest BCUT2D eigenvalue weighted by atomic mass is 35.5. The van der Waals surface area contributed by atoms with Crippen LogP contribution in [-0.4, -0.2) is 35.4 Å². The lowest BCUT2D eigenvalue weighted by Gasteiger charge is -2.25. The van der Waals surface area contributed by atoms with Crippen molar-refractivity contribution in [3.05, 3.63) is 104 Å². The van der Waals surface area contributed by atoms with E-state index in [1.807, 2.05) is 12.1 Å². The number of likely N-dealkylation sites (tertiary alicyclic amines) is 1. The van der Waals surface area contributed by atoms with Gasteiger partial charge in [-0.2, -0.15) is 0 Å². The van der Waals surface area contributed by atoms with Gasteiger partial charge in [0.15, 0.2) is 0 Å². The van der Waals surface area contributed by atoms with Gasteiger partial charge >= 0.3 is 0 Å². The fourth-order valence-corrected chi connectivity index (χ4v) is 4.79. The summed E-state index contributed by atoms with van der Waals surface area (Å²) < 4.78 is 19.0. The Balaban J connectivity index is 1.84. The minimum Gasteiger partial charge on any atom is -0.507 e. The molecule has 0 spiro atoms. The topological polar surface area (TPSA) is 66.8 Å². The van der Waals surface area contributed by atoms with Gasteiger partial charge in [-0.15, -0.1) is 0 Å². The fraction of sp³-hybridized carbons (Fsp3) is 0.154.